The van der Waals surface area contributed by atoms with Crippen molar-refractivity contribution < 1.29 is 4.39 Å². The molecule has 0 aliphatic rings. The van der Waals surface area contributed by atoms with Crippen molar-refractivity contribution in [3.05, 3.63) is 52.6 Å². The molecule has 0 unspecified atom stereocenters. The molecule has 0 saturated heterocycles. The minimum atomic E-state index is -0.194. The molecule has 0 bridgehead atoms. The molecule has 0 atom stereocenters. The fourth-order valence-corrected chi connectivity index (χ4v) is 2.82. The first kappa shape index (κ1) is 22.4. The lowest BCUT2D eigenvalue weighted by Gasteiger charge is -2.11. The Labute approximate surface area is 172 Å². The summed E-state index contributed by atoms with van der Waals surface area (Å²) in [6.07, 6.45) is 1.62. The van der Waals surface area contributed by atoms with E-state index in [-0.39, 0.29) is 29.8 Å². The number of nitrogens with one attached hydrogen (secondary N) is 2. The first-order valence-electron chi connectivity index (χ1n) is 8.77. The van der Waals surface area contributed by atoms with Crippen LogP contribution in [0.2, 0.25) is 0 Å². The van der Waals surface area contributed by atoms with Gasteiger partial charge in [-0.25, -0.2) is 4.39 Å². The van der Waals surface area contributed by atoms with E-state index in [1.807, 2.05) is 31.6 Å². The van der Waals surface area contributed by atoms with Gasteiger partial charge in [0.1, 0.15) is 5.82 Å². The highest BCUT2D eigenvalue weighted by Crippen LogP contribution is 2.12. The molecule has 1 heterocycles. The number of nitrogens with zero attached hydrogens (tertiary/aromatic N) is 3. The molecule has 144 valence electrons. The van der Waals surface area contributed by atoms with Gasteiger partial charge in [0.15, 0.2) is 5.96 Å². The Kier molecular flexibility index (Phi) is 9.61. The number of hydrogen-bond acceptors (Lipinski definition) is 2. The molecule has 7 heteroatoms. The molecular formula is C19H29FIN5. The van der Waals surface area contributed by atoms with E-state index < -0.39 is 0 Å². The molecule has 26 heavy (non-hydrogen) atoms. The van der Waals surface area contributed by atoms with Crippen LogP contribution in [0.15, 0.2) is 29.3 Å². The predicted octanol–water partition coefficient (Wildman–Crippen LogP) is 3.13. The van der Waals surface area contributed by atoms with Crippen LogP contribution in [0.4, 0.5) is 4.39 Å². The fourth-order valence-electron chi connectivity index (χ4n) is 2.82. The Morgan fingerprint density at radius 3 is 2.62 bits per heavy atom. The molecule has 2 rings (SSSR count). The van der Waals surface area contributed by atoms with Gasteiger partial charge in [-0.15, -0.1) is 24.0 Å². The lowest BCUT2D eigenvalue weighted by atomic mass is 10.1. The van der Waals surface area contributed by atoms with Gasteiger partial charge in [0, 0.05) is 32.4 Å². The Morgan fingerprint density at radius 1 is 1.23 bits per heavy atom. The molecular weight excluding hydrogens is 444 g/mol. The van der Waals surface area contributed by atoms with Crippen LogP contribution >= 0.6 is 24.0 Å². The van der Waals surface area contributed by atoms with Crippen LogP contribution in [0.25, 0.3) is 0 Å². The molecule has 0 radical (unpaired) electrons. The van der Waals surface area contributed by atoms with Crippen molar-refractivity contribution in [3.63, 3.8) is 0 Å². The Hall–Kier alpha value is -1.64. The van der Waals surface area contributed by atoms with Crippen LogP contribution < -0.4 is 10.6 Å². The average Bonchev–Trinajstić information content (AvgIpc) is 2.81. The zero-order valence-corrected chi connectivity index (χ0v) is 18.3. The van der Waals surface area contributed by atoms with E-state index in [2.05, 4.69) is 27.6 Å². The summed E-state index contributed by atoms with van der Waals surface area (Å²) in [4.78, 5) is 4.63. The van der Waals surface area contributed by atoms with Crippen LogP contribution in [0.1, 0.15) is 29.4 Å². The molecule has 5 nitrogen and oxygen atoms in total. The quantitative estimate of drug-likeness (QED) is 0.369. The van der Waals surface area contributed by atoms with Gasteiger partial charge in [0.25, 0.3) is 0 Å². The van der Waals surface area contributed by atoms with Crippen molar-refractivity contribution in [1.82, 2.24) is 20.4 Å². The maximum absolute atomic E-state index is 13.2. The normalized spacial score (nSPS) is 11.2. The monoisotopic (exact) mass is 473 g/mol. The zero-order valence-electron chi connectivity index (χ0n) is 16.0. The van der Waals surface area contributed by atoms with Crippen molar-refractivity contribution in [1.29, 1.82) is 0 Å². The molecule has 0 aliphatic heterocycles. The van der Waals surface area contributed by atoms with Gasteiger partial charge >= 0.3 is 0 Å². The summed E-state index contributed by atoms with van der Waals surface area (Å²) in [7, 11) is 1.97. The van der Waals surface area contributed by atoms with Crippen molar-refractivity contribution in [2.45, 2.75) is 33.6 Å². The van der Waals surface area contributed by atoms with Gasteiger partial charge in [-0.2, -0.15) is 5.10 Å². The van der Waals surface area contributed by atoms with Crippen LogP contribution in [0.5, 0.6) is 0 Å². The number of aromatic nitrogens is 2. The first-order chi connectivity index (χ1) is 12.0. The number of aliphatic imine (C=N–C) groups is 1. The third kappa shape index (κ3) is 6.59. The minimum absolute atomic E-state index is 0. The van der Waals surface area contributed by atoms with Gasteiger partial charge in [-0.1, -0.05) is 12.1 Å². The highest BCUT2D eigenvalue weighted by Gasteiger charge is 2.08. The highest BCUT2D eigenvalue weighted by atomic mass is 127. The van der Waals surface area contributed by atoms with E-state index in [1.165, 1.54) is 17.3 Å². The highest BCUT2D eigenvalue weighted by molar-refractivity contribution is 14.0. The summed E-state index contributed by atoms with van der Waals surface area (Å²) in [6, 6.07) is 6.70. The van der Waals surface area contributed by atoms with Crippen LogP contribution in [0.3, 0.4) is 0 Å². The molecule has 0 saturated carbocycles. The van der Waals surface area contributed by atoms with Gasteiger partial charge in [0.05, 0.1) is 5.69 Å². The summed E-state index contributed by atoms with van der Waals surface area (Å²) in [5, 5.41) is 11.0. The summed E-state index contributed by atoms with van der Waals surface area (Å²) in [5.41, 5.74) is 4.50. The number of benzene rings is 1. The molecule has 0 spiro atoms. The van der Waals surface area contributed by atoms with Crippen molar-refractivity contribution in [2.75, 3.05) is 19.6 Å². The van der Waals surface area contributed by atoms with E-state index in [4.69, 9.17) is 0 Å². The predicted molar refractivity (Wildman–Crippen MR) is 116 cm³/mol. The van der Waals surface area contributed by atoms with Crippen molar-refractivity contribution >= 4 is 29.9 Å². The van der Waals surface area contributed by atoms with E-state index in [0.717, 1.165) is 36.6 Å². The second-order valence-electron chi connectivity index (χ2n) is 6.09. The Bertz CT molecular complexity index is 727. The van der Waals surface area contributed by atoms with Crippen molar-refractivity contribution in [3.8, 4) is 0 Å². The number of hydrogen-bond donors (Lipinski definition) is 2. The molecule has 2 N–H and O–H groups in total. The van der Waals surface area contributed by atoms with Gasteiger partial charge < -0.3 is 10.6 Å². The Balaban J connectivity index is 0.00000338. The van der Waals surface area contributed by atoms with Gasteiger partial charge in [-0.3, -0.25) is 9.67 Å². The SMILES string of the molecule is CCNC(=NCCc1c(C)nn(C)c1C)NCCc1cccc(F)c1.I. The van der Waals surface area contributed by atoms with Crippen molar-refractivity contribution in [2.24, 2.45) is 12.0 Å². The topological polar surface area (TPSA) is 54.2 Å². The molecule has 1 aromatic carbocycles. The maximum atomic E-state index is 13.2. The second-order valence-corrected chi connectivity index (χ2v) is 6.09. The van der Waals surface area contributed by atoms with E-state index in [9.17, 15) is 4.39 Å². The molecule has 0 fully saturated rings. The van der Waals surface area contributed by atoms with Crippen LogP contribution in [-0.2, 0) is 19.9 Å². The fraction of sp³-hybridized carbons (Fsp3) is 0.474. The summed E-state index contributed by atoms with van der Waals surface area (Å²) in [6.45, 7) is 8.37. The summed E-state index contributed by atoms with van der Waals surface area (Å²) >= 11 is 0. The minimum Gasteiger partial charge on any atom is -0.357 e. The largest absolute Gasteiger partial charge is 0.357 e. The second kappa shape index (κ2) is 11.2. The lowest BCUT2D eigenvalue weighted by Crippen LogP contribution is -2.38. The van der Waals surface area contributed by atoms with E-state index in [0.29, 0.717) is 13.1 Å². The van der Waals surface area contributed by atoms with Gasteiger partial charge in [0.2, 0.25) is 0 Å². The summed E-state index contributed by atoms with van der Waals surface area (Å²) in [5.74, 6) is 0.596. The number of rotatable bonds is 7. The lowest BCUT2D eigenvalue weighted by molar-refractivity contribution is 0.625. The third-order valence-electron chi connectivity index (χ3n) is 4.23. The first-order valence-corrected chi connectivity index (χ1v) is 8.77. The molecule has 2 aromatic rings. The van der Waals surface area contributed by atoms with Gasteiger partial charge in [-0.05, 0) is 56.9 Å². The zero-order chi connectivity index (χ0) is 18.2. The smallest absolute Gasteiger partial charge is 0.191 e. The standard InChI is InChI=1S/C19H28FN5.HI/c1-5-21-19(22-11-9-16-7-6-8-17(20)13-16)23-12-10-18-14(2)24-25(4)15(18)3;/h6-8,13H,5,9-12H2,1-4H3,(H2,21,22,23);1H. The molecule has 0 aliphatic carbocycles. The summed E-state index contributed by atoms with van der Waals surface area (Å²) < 4.78 is 15.1. The average molecular weight is 473 g/mol. The van der Waals surface area contributed by atoms with E-state index in [1.54, 1.807) is 12.1 Å². The maximum Gasteiger partial charge on any atom is 0.191 e. The molecule has 0 amide bonds. The molecule has 1 aromatic heterocycles. The number of guanidine groups is 1. The number of aryl methyl sites for hydroxylation is 2. The third-order valence-corrected chi connectivity index (χ3v) is 4.23. The van der Waals surface area contributed by atoms with E-state index >= 15 is 0 Å². The van der Waals surface area contributed by atoms with Crippen LogP contribution in [-0.4, -0.2) is 35.4 Å². The van der Waals surface area contributed by atoms with Crippen LogP contribution in [0, 0.1) is 19.7 Å². The number of halogens is 2. The Morgan fingerprint density at radius 2 is 2.00 bits per heavy atom.